The second-order valence-electron chi connectivity index (χ2n) is 4.36. The molecular weight excluding hydrogens is 242 g/mol. The maximum Gasteiger partial charge on any atom is 0.138 e. The van der Waals surface area contributed by atoms with Gasteiger partial charge in [-0.05, 0) is 34.6 Å². The molecule has 0 heterocycles. The van der Waals surface area contributed by atoms with E-state index in [0.717, 1.165) is 17.4 Å². The van der Waals surface area contributed by atoms with Crippen molar-refractivity contribution in [3.8, 4) is 0 Å². The third-order valence-electron chi connectivity index (χ3n) is 2.20. The molecule has 0 aliphatic rings. The van der Waals surface area contributed by atoms with Crippen LogP contribution >= 0.6 is 24.0 Å². The largest absolute Gasteiger partial charge is 0.358 e. The molecule has 0 spiro atoms. The zero-order valence-electron chi connectivity index (χ0n) is 10.7. The van der Waals surface area contributed by atoms with Gasteiger partial charge in [0.15, 0.2) is 0 Å². The number of rotatable bonds is 5. The molecule has 0 amide bonds. The monoisotopic (exact) mass is 263 g/mol. The summed E-state index contributed by atoms with van der Waals surface area (Å²) in [5.74, 6) is 0.502. The topological polar surface area (TPSA) is 35.9 Å². The molecule has 0 aliphatic carbocycles. The van der Waals surface area contributed by atoms with Crippen LogP contribution in [0.25, 0.3) is 0 Å². The van der Waals surface area contributed by atoms with E-state index in [1.54, 1.807) is 0 Å². The number of thioether (sulfide) groups is 1. The minimum atomic E-state index is -0.256. The maximum absolute atomic E-state index is 10.7. The normalized spacial score (nSPS) is 11.1. The molecule has 0 rings (SSSR count). The third-order valence-corrected chi connectivity index (χ3v) is 3.70. The standard InChI is InChI=1S/C10H21N3OS2/c1-6-12(7-2)9(15)16-8-13(11-14)10(3,4)5/h6-8H2,1-5H3. The number of nitroso groups, excluding NO2 is 1. The average Bonchev–Trinajstić information content (AvgIpc) is 2.18. The molecule has 0 aromatic heterocycles. The smallest absolute Gasteiger partial charge is 0.138 e. The highest BCUT2D eigenvalue weighted by atomic mass is 32.2. The number of thiocarbonyl (C=S) groups is 1. The first-order chi connectivity index (χ1) is 7.36. The van der Waals surface area contributed by atoms with Crippen molar-refractivity contribution in [2.45, 2.75) is 40.2 Å². The van der Waals surface area contributed by atoms with E-state index < -0.39 is 0 Å². The lowest BCUT2D eigenvalue weighted by Gasteiger charge is -2.30. The lowest BCUT2D eigenvalue weighted by atomic mass is 10.1. The number of hydrogen-bond acceptors (Lipinski definition) is 4. The molecule has 0 saturated carbocycles. The van der Waals surface area contributed by atoms with Gasteiger partial charge >= 0.3 is 0 Å². The fraction of sp³-hybridized carbons (Fsp3) is 0.900. The molecule has 16 heavy (non-hydrogen) atoms. The molecule has 0 aliphatic heterocycles. The van der Waals surface area contributed by atoms with Crippen LogP contribution in [0.3, 0.4) is 0 Å². The second kappa shape index (κ2) is 7.06. The van der Waals surface area contributed by atoms with Crippen LogP contribution in [0.2, 0.25) is 0 Å². The molecule has 0 saturated heterocycles. The summed E-state index contributed by atoms with van der Waals surface area (Å²) in [6, 6.07) is 0. The maximum atomic E-state index is 10.7. The van der Waals surface area contributed by atoms with Gasteiger partial charge in [0.05, 0.1) is 16.7 Å². The summed E-state index contributed by atoms with van der Waals surface area (Å²) in [6.45, 7) is 11.8. The molecule has 6 heteroatoms. The van der Waals surface area contributed by atoms with Crippen LogP contribution in [-0.2, 0) is 0 Å². The summed E-state index contributed by atoms with van der Waals surface area (Å²) < 4.78 is 0.822. The minimum absolute atomic E-state index is 0.256. The predicted octanol–water partition coefficient (Wildman–Crippen LogP) is 3.09. The summed E-state index contributed by atoms with van der Waals surface area (Å²) >= 11 is 6.76. The Morgan fingerprint density at radius 1 is 1.31 bits per heavy atom. The van der Waals surface area contributed by atoms with Crippen molar-refractivity contribution >= 4 is 28.3 Å². The van der Waals surface area contributed by atoms with Crippen molar-refractivity contribution in [2.75, 3.05) is 19.0 Å². The lowest BCUT2D eigenvalue weighted by molar-refractivity contribution is 0.171. The van der Waals surface area contributed by atoms with Crippen LogP contribution < -0.4 is 0 Å². The Kier molecular flexibility index (Phi) is 6.90. The lowest BCUT2D eigenvalue weighted by Crippen LogP contribution is -2.37. The highest BCUT2D eigenvalue weighted by Crippen LogP contribution is 2.19. The average molecular weight is 263 g/mol. The van der Waals surface area contributed by atoms with Crippen molar-refractivity contribution in [3.05, 3.63) is 4.91 Å². The summed E-state index contributed by atoms with van der Waals surface area (Å²) in [5.41, 5.74) is -0.256. The van der Waals surface area contributed by atoms with E-state index in [1.165, 1.54) is 16.8 Å². The Morgan fingerprint density at radius 2 is 1.81 bits per heavy atom. The minimum Gasteiger partial charge on any atom is -0.358 e. The second-order valence-corrected chi connectivity index (χ2v) is 5.94. The molecular formula is C10H21N3OS2. The van der Waals surface area contributed by atoms with Gasteiger partial charge in [0.25, 0.3) is 0 Å². The van der Waals surface area contributed by atoms with Crippen molar-refractivity contribution in [2.24, 2.45) is 5.29 Å². The third kappa shape index (κ3) is 5.12. The molecule has 0 aromatic rings. The van der Waals surface area contributed by atoms with Gasteiger partial charge in [0.1, 0.15) is 4.32 Å². The quantitative estimate of drug-likeness (QED) is 0.330. The molecule has 0 radical (unpaired) electrons. The molecule has 0 aromatic carbocycles. The van der Waals surface area contributed by atoms with E-state index >= 15 is 0 Å². The van der Waals surface area contributed by atoms with Crippen molar-refractivity contribution < 1.29 is 0 Å². The van der Waals surface area contributed by atoms with E-state index in [2.05, 4.69) is 24.0 Å². The SMILES string of the molecule is CCN(CC)C(=S)SCN(N=O)C(C)(C)C. The van der Waals surface area contributed by atoms with Crippen LogP contribution in [0.5, 0.6) is 0 Å². The Bertz CT molecular complexity index is 237. The summed E-state index contributed by atoms with van der Waals surface area (Å²) in [4.78, 5) is 12.8. The van der Waals surface area contributed by atoms with Gasteiger partial charge in [-0.2, -0.15) is 0 Å². The Morgan fingerprint density at radius 3 is 2.12 bits per heavy atom. The van der Waals surface area contributed by atoms with E-state index in [1.807, 2.05) is 20.8 Å². The van der Waals surface area contributed by atoms with Crippen molar-refractivity contribution in [1.82, 2.24) is 9.91 Å². The van der Waals surface area contributed by atoms with Gasteiger partial charge < -0.3 is 4.90 Å². The zero-order valence-corrected chi connectivity index (χ0v) is 12.3. The summed E-state index contributed by atoms with van der Waals surface area (Å²) in [5, 5.41) is 4.53. The van der Waals surface area contributed by atoms with Crippen molar-refractivity contribution in [1.29, 1.82) is 0 Å². The number of nitrogens with zero attached hydrogens (tertiary/aromatic N) is 3. The molecule has 0 bridgehead atoms. The van der Waals surface area contributed by atoms with Gasteiger partial charge in [0.2, 0.25) is 0 Å². The Labute approximate surface area is 108 Å². The fourth-order valence-electron chi connectivity index (χ4n) is 1.03. The predicted molar refractivity (Wildman–Crippen MR) is 75.4 cm³/mol. The zero-order chi connectivity index (χ0) is 12.8. The van der Waals surface area contributed by atoms with E-state index in [9.17, 15) is 4.91 Å². The van der Waals surface area contributed by atoms with E-state index in [0.29, 0.717) is 5.88 Å². The Hall–Kier alpha value is -0.360. The number of hydrogen-bond donors (Lipinski definition) is 0. The highest BCUT2D eigenvalue weighted by molar-refractivity contribution is 8.22. The van der Waals surface area contributed by atoms with E-state index in [4.69, 9.17) is 12.2 Å². The van der Waals surface area contributed by atoms with Crippen LogP contribution in [0.15, 0.2) is 5.29 Å². The van der Waals surface area contributed by atoms with Gasteiger partial charge in [0, 0.05) is 13.1 Å². The van der Waals surface area contributed by atoms with E-state index in [-0.39, 0.29) is 5.54 Å². The molecule has 0 atom stereocenters. The summed E-state index contributed by atoms with van der Waals surface area (Å²) in [7, 11) is 0. The molecule has 0 N–H and O–H groups in total. The molecule has 4 nitrogen and oxygen atoms in total. The van der Waals surface area contributed by atoms with Gasteiger partial charge in [-0.25, -0.2) is 5.01 Å². The first kappa shape index (κ1) is 15.6. The van der Waals surface area contributed by atoms with Crippen LogP contribution in [0.4, 0.5) is 0 Å². The molecule has 0 fully saturated rings. The van der Waals surface area contributed by atoms with Gasteiger partial charge in [-0.15, -0.1) is 4.91 Å². The molecule has 94 valence electrons. The van der Waals surface area contributed by atoms with Gasteiger partial charge in [-0.3, -0.25) is 0 Å². The first-order valence-electron chi connectivity index (χ1n) is 5.39. The summed E-state index contributed by atoms with van der Waals surface area (Å²) in [6.07, 6.45) is 0. The fourth-order valence-corrected chi connectivity index (χ4v) is 2.55. The Balaban J connectivity index is 4.22. The van der Waals surface area contributed by atoms with Crippen LogP contribution in [0.1, 0.15) is 34.6 Å². The van der Waals surface area contributed by atoms with Gasteiger partial charge in [-0.1, -0.05) is 24.0 Å². The van der Waals surface area contributed by atoms with Crippen LogP contribution in [0, 0.1) is 4.91 Å². The van der Waals surface area contributed by atoms with Crippen LogP contribution in [-0.4, -0.2) is 38.7 Å². The highest BCUT2D eigenvalue weighted by Gasteiger charge is 2.21. The first-order valence-corrected chi connectivity index (χ1v) is 6.78. The van der Waals surface area contributed by atoms with Crippen molar-refractivity contribution in [3.63, 3.8) is 0 Å². The molecule has 0 unspecified atom stereocenters.